The van der Waals surface area contributed by atoms with Gasteiger partial charge in [-0.3, -0.25) is 9.59 Å². The van der Waals surface area contributed by atoms with Gasteiger partial charge in [0.25, 0.3) is 5.91 Å². The first-order valence-corrected chi connectivity index (χ1v) is 9.55. The zero-order valence-electron chi connectivity index (χ0n) is 16.2. The molecule has 4 amide bonds. The molecule has 0 atom stereocenters. The predicted octanol–water partition coefficient (Wildman–Crippen LogP) is 2.51. The summed E-state index contributed by atoms with van der Waals surface area (Å²) in [4.78, 5) is 37.9. The maximum absolute atomic E-state index is 13.2. The zero-order chi connectivity index (χ0) is 21.5. The third kappa shape index (κ3) is 6.00. The molecule has 1 aliphatic rings. The Morgan fingerprint density at radius 1 is 0.967 bits per heavy atom. The number of para-hydroxylation sites is 1. The van der Waals surface area contributed by atoms with Crippen LogP contribution in [0.4, 0.5) is 19.3 Å². The molecule has 30 heavy (non-hydrogen) atoms. The van der Waals surface area contributed by atoms with Crippen LogP contribution in [0, 0.1) is 11.6 Å². The summed E-state index contributed by atoms with van der Waals surface area (Å²) < 4.78 is 26.4. The molecule has 3 rings (SSSR count). The number of carbonyl (C=O) groups excluding carboxylic acids is 3. The average Bonchev–Trinajstić information content (AvgIpc) is 2.72. The maximum Gasteiger partial charge on any atom is 0.319 e. The lowest BCUT2D eigenvalue weighted by molar-refractivity contribution is -0.131. The Balaban J connectivity index is 1.40. The summed E-state index contributed by atoms with van der Waals surface area (Å²) in [5.41, 5.74) is 0.504. The van der Waals surface area contributed by atoms with Crippen molar-refractivity contribution in [2.45, 2.75) is 18.9 Å². The van der Waals surface area contributed by atoms with Crippen molar-refractivity contribution < 1.29 is 23.2 Å². The van der Waals surface area contributed by atoms with Gasteiger partial charge in [0.15, 0.2) is 0 Å². The lowest BCUT2D eigenvalue weighted by Gasteiger charge is -2.32. The molecule has 0 bridgehead atoms. The molecule has 0 aromatic heterocycles. The zero-order valence-corrected chi connectivity index (χ0v) is 16.2. The lowest BCUT2D eigenvalue weighted by atomic mass is 10.1. The predicted molar refractivity (Wildman–Crippen MR) is 107 cm³/mol. The summed E-state index contributed by atoms with van der Waals surface area (Å²) in [5.74, 6) is -2.75. The molecule has 0 spiro atoms. The molecule has 1 fully saturated rings. The first-order valence-electron chi connectivity index (χ1n) is 9.55. The Hall–Kier alpha value is -3.49. The summed E-state index contributed by atoms with van der Waals surface area (Å²) in [6, 6.07) is 11.2. The topological polar surface area (TPSA) is 90.5 Å². The number of amides is 4. The Labute approximate surface area is 172 Å². The number of piperidine rings is 1. The molecular formula is C21H22F2N4O3. The number of nitrogens with one attached hydrogen (secondary N) is 3. The number of likely N-dealkylation sites (tertiary alicyclic amines) is 1. The van der Waals surface area contributed by atoms with Crippen LogP contribution in [0.3, 0.4) is 0 Å². The summed E-state index contributed by atoms with van der Waals surface area (Å²) in [6.07, 6.45) is 1.16. The third-order valence-electron chi connectivity index (χ3n) is 4.74. The molecule has 0 aliphatic carbocycles. The third-order valence-corrected chi connectivity index (χ3v) is 4.74. The van der Waals surface area contributed by atoms with Crippen LogP contribution in [-0.2, 0) is 4.79 Å². The van der Waals surface area contributed by atoms with Gasteiger partial charge in [-0.05, 0) is 37.1 Å². The van der Waals surface area contributed by atoms with E-state index in [1.165, 1.54) is 0 Å². The smallest absolute Gasteiger partial charge is 0.319 e. The highest BCUT2D eigenvalue weighted by atomic mass is 19.1. The van der Waals surface area contributed by atoms with E-state index in [0.29, 0.717) is 37.7 Å². The van der Waals surface area contributed by atoms with Crippen LogP contribution in [0.5, 0.6) is 0 Å². The molecule has 1 heterocycles. The van der Waals surface area contributed by atoms with E-state index in [4.69, 9.17) is 0 Å². The average molecular weight is 416 g/mol. The molecule has 1 saturated heterocycles. The van der Waals surface area contributed by atoms with E-state index in [-0.39, 0.29) is 30.1 Å². The largest absolute Gasteiger partial charge is 0.343 e. The molecule has 2 aromatic rings. The van der Waals surface area contributed by atoms with Gasteiger partial charge in [0, 0.05) is 36.4 Å². The van der Waals surface area contributed by atoms with Gasteiger partial charge >= 0.3 is 6.03 Å². The summed E-state index contributed by atoms with van der Waals surface area (Å²) in [6.45, 7) is 0.586. The molecule has 158 valence electrons. The highest BCUT2D eigenvalue weighted by molar-refractivity contribution is 5.96. The lowest BCUT2D eigenvalue weighted by Crippen LogP contribution is -2.49. The fourth-order valence-electron chi connectivity index (χ4n) is 3.20. The summed E-state index contributed by atoms with van der Waals surface area (Å²) in [7, 11) is 0. The summed E-state index contributed by atoms with van der Waals surface area (Å²) in [5, 5.41) is 8.01. The monoisotopic (exact) mass is 416 g/mol. The van der Waals surface area contributed by atoms with E-state index in [1.807, 2.05) is 18.2 Å². The molecule has 0 saturated carbocycles. The number of urea groups is 1. The molecule has 7 nitrogen and oxygen atoms in total. The fraction of sp³-hybridized carbons (Fsp3) is 0.286. The van der Waals surface area contributed by atoms with E-state index in [0.717, 1.165) is 12.1 Å². The van der Waals surface area contributed by atoms with Gasteiger partial charge in [0.05, 0.1) is 6.54 Å². The molecule has 3 N–H and O–H groups in total. The number of anilines is 1. The van der Waals surface area contributed by atoms with E-state index in [1.54, 1.807) is 17.0 Å². The second-order valence-corrected chi connectivity index (χ2v) is 6.96. The van der Waals surface area contributed by atoms with Crippen molar-refractivity contribution in [2.75, 3.05) is 25.0 Å². The van der Waals surface area contributed by atoms with Gasteiger partial charge in [-0.25, -0.2) is 13.6 Å². The quantitative estimate of drug-likeness (QED) is 0.700. The van der Waals surface area contributed by atoms with Crippen LogP contribution in [-0.4, -0.2) is 48.4 Å². The van der Waals surface area contributed by atoms with Crippen LogP contribution in [0.1, 0.15) is 23.2 Å². The highest BCUT2D eigenvalue weighted by Gasteiger charge is 2.24. The van der Waals surface area contributed by atoms with Gasteiger partial charge in [0.1, 0.15) is 11.6 Å². The first-order chi connectivity index (χ1) is 14.4. The Bertz CT molecular complexity index is 895. The number of halogens is 2. The number of rotatable bonds is 5. The minimum atomic E-state index is -0.864. The van der Waals surface area contributed by atoms with Gasteiger partial charge in [-0.2, -0.15) is 0 Å². The van der Waals surface area contributed by atoms with Crippen molar-refractivity contribution in [3.05, 3.63) is 65.7 Å². The Kier molecular flexibility index (Phi) is 6.95. The first kappa shape index (κ1) is 21.2. The minimum absolute atomic E-state index is 0.0670. The minimum Gasteiger partial charge on any atom is -0.343 e. The standard InChI is InChI=1S/C21H22F2N4O3/c22-15-10-14(11-16(23)12-15)20(29)24-13-19(28)27-8-6-18(7-9-27)26-21(30)25-17-4-2-1-3-5-17/h1-5,10-12,18H,6-9,13H2,(H,24,29)(H2,25,26,30). The van der Waals surface area contributed by atoms with E-state index < -0.39 is 17.5 Å². The van der Waals surface area contributed by atoms with Gasteiger partial charge in [-0.1, -0.05) is 18.2 Å². The Morgan fingerprint density at radius 2 is 1.60 bits per heavy atom. The van der Waals surface area contributed by atoms with E-state index >= 15 is 0 Å². The molecule has 2 aromatic carbocycles. The number of hydrogen-bond acceptors (Lipinski definition) is 3. The molecule has 0 unspecified atom stereocenters. The second-order valence-electron chi connectivity index (χ2n) is 6.96. The summed E-state index contributed by atoms with van der Waals surface area (Å²) >= 11 is 0. The van der Waals surface area contributed by atoms with Crippen molar-refractivity contribution in [1.82, 2.24) is 15.5 Å². The van der Waals surface area contributed by atoms with Gasteiger partial charge in [0.2, 0.25) is 5.91 Å². The van der Waals surface area contributed by atoms with E-state index in [9.17, 15) is 23.2 Å². The van der Waals surface area contributed by atoms with Crippen molar-refractivity contribution in [2.24, 2.45) is 0 Å². The second kappa shape index (κ2) is 9.82. The number of hydrogen-bond donors (Lipinski definition) is 3. The normalized spacial score (nSPS) is 14.1. The Morgan fingerprint density at radius 3 is 2.23 bits per heavy atom. The van der Waals surface area contributed by atoms with Crippen LogP contribution in [0.25, 0.3) is 0 Å². The highest BCUT2D eigenvalue weighted by Crippen LogP contribution is 2.12. The van der Waals surface area contributed by atoms with Crippen molar-refractivity contribution >= 4 is 23.5 Å². The van der Waals surface area contributed by atoms with Crippen LogP contribution < -0.4 is 16.0 Å². The molecule has 9 heteroatoms. The maximum atomic E-state index is 13.2. The van der Waals surface area contributed by atoms with Gasteiger partial charge < -0.3 is 20.9 Å². The van der Waals surface area contributed by atoms with Crippen molar-refractivity contribution in [3.63, 3.8) is 0 Å². The fourth-order valence-corrected chi connectivity index (χ4v) is 3.20. The molecule has 0 radical (unpaired) electrons. The molecular weight excluding hydrogens is 394 g/mol. The van der Waals surface area contributed by atoms with Crippen LogP contribution in [0.15, 0.2) is 48.5 Å². The van der Waals surface area contributed by atoms with E-state index in [2.05, 4.69) is 16.0 Å². The van der Waals surface area contributed by atoms with Gasteiger partial charge in [-0.15, -0.1) is 0 Å². The number of nitrogens with zero attached hydrogens (tertiary/aromatic N) is 1. The SMILES string of the molecule is O=C(Nc1ccccc1)NC1CCN(C(=O)CNC(=O)c2cc(F)cc(F)c2)CC1. The van der Waals surface area contributed by atoms with Crippen molar-refractivity contribution in [3.8, 4) is 0 Å². The number of carbonyl (C=O) groups is 3. The number of benzene rings is 2. The molecule has 1 aliphatic heterocycles. The van der Waals surface area contributed by atoms with Crippen LogP contribution >= 0.6 is 0 Å². The van der Waals surface area contributed by atoms with Crippen molar-refractivity contribution in [1.29, 1.82) is 0 Å². The van der Waals surface area contributed by atoms with Crippen LogP contribution in [0.2, 0.25) is 0 Å².